The molecule has 0 aromatic carbocycles. The van der Waals surface area contributed by atoms with Gasteiger partial charge < -0.3 is 10.3 Å². The van der Waals surface area contributed by atoms with Crippen molar-refractivity contribution < 1.29 is 0 Å². The SMILES string of the molecule is CC(C)(C)CCn1ccnc1CCN. The third-order valence-corrected chi connectivity index (χ3v) is 2.27. The van der Waals surface area contributed by atoms with Crippen LogP contribution in [0, 0.1) is 5.41 Å². The van der Waals surface area contributed by atoms with Gasteiger partial charge >= 0.3 is 0 Å². The van der Waals surface area contributed by atoms with Crippen molar-refractivity contribution in [3.8, 4) is 0 Å². The van der Waals surface area contributed by atoms with E-state index >= 15 is 0 Å². The molecule has 14 heavy (non-hydrogen) atoms. The van der Waals surface area contributed by atoms with Gasteiger partial charge in [-0.3, -0.25) is 0 Å². The fraction of sp³-hybridized carbons (Fsp3) is 0.727. The predicted molar refractivity (Wildman–Crippen MR) is 59.1 cm³/mol. The van der Waals surface area contributed by atoms with Crippen LogP contribution in [0.4, 0.5) is 0 Å². The van der Waals surface area contributed by atoms with Gasteiger partial charge in [0.2, 0.25) is 0 Å². The lowest BCUT2D eigenvalue weighted by molar-refractivity contribution is 0.347. The quantitative estimate of drug-likeness (QED) is 0.796. The van der Waals surface area contributed by atoms with Crippen molar-refractivity contribution in [1.82, 2.24) is 9.55 Å². The average Bonchev–Trinajstić information content (AvgIpc) is 2.48. The van der Waals surface area contributed by atoms with Crippen LogP contribution in [0.25, 0.3) is 0 Å². The standard InChI is InChI=1S/C11H21N3/c1-11(2,3)5-8-14-9-7-13-10(14)4-6-12/h7,9H,4-6,8,12H2,1-3H3. The Kier molecular flexibility index (Phi) is 3.69. The molecule has 1 aromatic rings. The van der Waals surface area contributed by atoms with E-state index in [1.807, 2.05) is 12.4 Å². The first-order valence-corrected chi connectivity index (χ1v) is 5.23. The Hall–Kier alpha value is -0.830. The summed E-state index contributed by atoms with van der Waals surface area (Å²) < 4.78 is 2.21. The molecule has 1 aromatic heterocycles. The van der Waals surface area contributed by atoms with E-state index in [9.17, 15) is 0 Å². The van der Waals surface area contributed by atoms with Crippen LogP contribution in [0.5, 0.6) is 0 Å². The van der Waals surface area contributed by atoms with E-state index in [2.05, 4.69) is 30.3 Å². The summed E-state index contributed by atoms with van der Waals surface area (Å²) in [5.74, 6) is 1.11. The highest BCUT2D eigenvalue weighted by Crippen LogP contribution is 2.19. The van der Waals surface area contributed by atoms with Gasteiger partial charge in [-0.25, -0.2) is 4.98 Å². The van der Waals surface area contributed by atoms with Crippen molar-refractivity contribution in [3.63, 3.8) is 0 Å². The molecule has 3 nitrogen and oxygen atoms in total. The highest BCUT2D eigenvalue weighted by Gasteiger charge is 2.11. The Morgan fingerprint density at radius 3 is 2.71 bits per heavy atom. The van der Waals surface area contributed by atoms with Gasteiger partial charge in [0.15, 0.2) is 0 Å². The van der Waals surface area contributed by atoms with E-state index in [1.54, 1.807) is 0 Å². The van der Waals surface area contributed by atoms with E-state index in [4.69, 9.17) is 5.73 Å². The maximum absolute atomic E-state index is 5.52. The molecule has 1 heterocycles. The molecule has 0 saturated carbocycles. The summed E-state index contributed by atoms with van der Waals surface area (Å²) in [6.45, 7) is 8.48. The van der Waals surface area contributed by atoms with Crippen molar-refractivity contribution in [2.75, 3.05) is 6.54 Å². The largest absolute Gasteiger partial charge is 0.335 e. The van der Waals surface area contributed by atoms with Gasteiger partial charge in [0, 0.05) is 25.4 Å². The molecule has 0 aliphatic heterocycles. The Bertz CT molecular complexity index is 270. The van der Waals surface area contributed by atoms with Crippen LogP contribution >= 0.6 is 0 Å². The Balaban J connectivity index is 2.53. The second-order valence-corrected chi connectivity index (χ2v) is 4.89. The van der Waals surface area contributed by atoms with Gasteiger partial charge in [-0.1, -0.05) is 20.8 Å². The third-order valence-electron chi connectivity index (χ3n) is 2.27. The highest BCUT2D eigenvalue weighted by atomic mass is 15.1. The molecule has 0 radical (unpaired) electrons. The molecule has 3 heteroatoms. The van der Waals surface area contributed by atoms with E-state index < -0.39 is 0 Å². The van der Waals surface area contributed by atoms with Gasteiger partial charge in [-0.05, 0) is 18.4 Å². The zero-order chi connectivity index (χ0) is 10.6. The molecular formula is C11H21N3. The highest BCUT2D eigenvalue weighted by molar-refractivity contribution is 4.93. The lowest BCUT2D eigenvalue weighted by Gasteiger charge is -2.18. The minimum Gasteiger partial charge on any atom is -0.335 e. The zero-order valence-corrected chi connectivity index (χ0v) is 9.45. The van der Waals surface area contributed by atoms with E-state index in [0.29, 0.717) is 12.0 Å². The first kappa shape index (κ1) is 11.2. The molecule has 0 saturated heterocycles. The number of hydrogen-bond acceptors (Lipinski definition) is 2. The Labute approximate surface area is 86.3 Å². The summed E-state index contributed by atoms with van der Waals surface area (Å²) in [5.41, 5.74) is 5.90. The topological polar surface area (TPSA) is 43.8 Å². The van der Waals surface area contributed by atoms with Crippen molar-refractivity contribution >= 4 is 0 Å². The van der Waals surface area contributed by atoms with Crippen LogP contribution in [0.3, 0.4) is 0 Å². The molecule has 0 unspecified atom stereocenters. The lowest BCUT2D eigenvalue weighted by Crippen LogP contribution is -2.14. The number of nitrogens with zero attached hydrogens (tertiary/aromatic N) is 2. The van der Waals surface area contributed by atoms with E-state index in [-0.39, 0.29) is 0 Å². The van der Waals surface area contributed by atoms with Gasteiger partial charge in [-0.2, -0.15) is 0 Å². The van der Waals surface area contributed by atoms with Crippen LogP contribution in [-0.2, 0) is 13.0 Å². The Morgan fingerprint density at radius 2 is 2.14 bits per heavy atom. The maximum Gasteiger partial charge on any atom is 0.109 e. The van der Waals surface area contributed by atoms with Crippen LogP contribution in [-0.4, -0.2) is 16.1 Å². The summed E-state index contributed by atoms with van der Waals surface area (Å²) in [6, 6.07) is 0. The molecule has 2 N–H and O–H groups in total. The molecule has 1 rings (SSSR count). The Morgan fingerprint density at radius 1 is 1.43 bits per heavy atom. The van der Waals surface area contributed by atoms with E-state index in [1.165, 1.54) is 6.42 Å². The predicted octanol–water partition coefficient (Wildman–Crippen LogP) is 1.82. The van der Waals surface area contributed by atoms with Gasteiger partial charge in [0.1, 0.15) is 5.82 Å². The van der Waals surface area contributed by atoms with Crippen LogP contribution in [0.2, 0.25) is 0 Å². The van der Waals surface area contributed by atoms with Crippen LogP contribution < -0.4 is 5.73 Å². The molecule has 0 spiro atoms. The number of hydrogen-bond donors (Lipinski definition) is 1. The molecule has 0 bridgehead atoms. The van der Waals surface area contributed by atoms with Crippen molar-refractivity contribution in [1.29, 1.82) is 0 Å². The number of aryl methyl sites for hydroxylation is 1. The fourth-order valence-electron chi connectivity index (χ4n) is 1.36. The normalized spacial score (nSPS) is 12.0. The minimum absolute atomic E-state index is 0.379. The molecule has 0 atom stereocenters. The maximum atomic E-state index is 5.52. The summed E-state index contributed by atoms with van der Waals surface area (Å²) in [5, 5.41) is 0. The van der Waals surface area contributed by atoms with Crippen molar-refractivity contribution in [3.05, 3.63) is 18.2 Å². The second kappa shape index (κ2) is 4.60. The zero-order valence-electron chi connectivity index (χ0n) is 9.45. The van der Waals surface area contributed by atoms with Gasteiger partial charge in [0.25, 0.3) is 0 Å². The molecule has 0 aliphatic carbocycles. The molecular weight excluding hydrogens is 174 g/mol. The smallest absolute Gasteiger partial charge is 0.109 e. The van der Waals surface area contributed by atoms with Gasteiger partial charge in [-0.15, -0.1) is 0 Å². The van der Waals surface area contributed by atoms with Gasteiger partial charge in [0.05, 0.1) is 0 Å². The molecule has 80 valence electrons. The summed E-state index contributed by atoms with van der Waals surface area (Å²) in [4.78, 5) is 4.29. The molecule has 0 aliphatic rings. The number of nitrogens with two attached hydrogens (primary N) is 1. The summed E-state index contributed by atoms with van der Waals surface area (Å²) in [6.07, 6.45) is 5.93. The van der Waals surface area contributed by atoms with Crippen molar-refractivity contribution in [2.45, 2.75) is 40.2 Å². The summed E-state index contributed by atoms with van der Waals surface area (Å²) in [7, 11) is 0. The monoisotopic (exact) mass is 195 g/mol. The number of aromatic nitrogens is 2. The minimum atomic E-state index is 0.379. The lowest BCUT2D eigenvalue weighted by atomic mass is 9.92. The second-order valence-electron chi connectivity index (χ2n) is 4.89. The van der Waals surface area contributed by atoms with Crippen LogP contribution in [0.15, 0.2) is 12.4 Å². The van der Waals surface area contributed by atoms with E-state index in [0.717, 1.165) is 18.8 Å². The molecule has 0 amide bonds. The fourth-order valence-corrected chi connectivity index (χ4v) is 1.36. The first-order chi connectivity index (χ1) is 6.53. The molecule has 0 fully saturated rings. The summed E-state index contributed by atoms with van der Waals surface area (Å²) >= 11 is 0. The van der Waals surface area contributed by atoms with Crippen LogP contribution in [0.1, 0.15) is 33.0 Å². The first-order valence-electron chi connectivity index (χ1n) is 5.23. The van der Waals surface area contributed by atoms with Crippen molar-refractivity contribution in [2.24, 2.45) is 11.1 Å². The number of imidazole rings is 1. The average molecular weight is 195 g/mol. The number of rotatable bonds is 4. The third kappa shape index (κ3) is 3.50.